The Morgan fingerprint density at radius 3 is 2.53 bits per heavy atom. The average Bonchev–Trinajstić information content (AvgIpc) is 2.82. The number of carbonyl (C=O) groups is 1. The van der Waals surface area contributed by atoms with E-state index in [1.165, 1.54) is 11.3 Å². The molecule has 1 N–H and O–H groups in total. The fourth-order valence-corrected chi connectivity index (χ4v) is 2.92. The van der Waals surface area contributed by atoms with Crippen LogP contribution in [0, 0.1) is 0 Å². The smallest absolute Gasteiger partial charge is 0.355 e. The molecule has 0 aliphatic heterocycles. The number of carboxylic acid groups (broad SMARTS) is 1. The number of carboxylic acids is 1. The molecule has 0 saturated heterocycles. The first-order chi connectivity index (χ1) is 8.88. The van der Waals surface area contributed by atoms with Gasteiger partial charge in [-0.25, -0.2) is 9.78 Å². The Labute approximate surface area is 120 Å². The summed E-state index contributed by atoms with van der Waals surface area (Å²) in [6, 6.07) is 7.68. The first-order valence-electron chi connectivity index (χ1n) is 5.82. The van der Waals surface area contributed by atoms with Crippen molar-refractivity contribution in [2.75, 3.05) is 0 Å². The van der Waals surface area contributed by atoms with Gasteiger partial charge in [0.2, 0.25) is 0 Å². The van der Waals surface area contributed by atoms with Gasteiger partial charge in [0, 0.05) is 15.8 Å². The number of aromatic nitrogens is 1. The highest BCUT2D eigenvalue weighted by molar-refractivity contribution is 7.10. The van der Waals surface area contributed by atoms with Gasteiger partial charge in [0.05, 0.1) is 5.01 Å². The Balaban J connectivity index is 2.21. The van der Waals surface area contributed by atoms with E-state index < -0.39 is 5.97 Å². The van der Waals surface area contributed by atoms with Crippen molar-refractivity contribution in [3.05, 3.63) is 50.9 Å². The van der Waals surface area contributed by atoms with E-state index in [2.05, 4.69) is 18.8 Å². The van der Waals surface area contributed by atoms with E-state index >= 15 is 0 Å². The molecule has 2 aromatic rings. The Hall–Kier alpha value is -1.39. The Morgan fingerprint density at radius 1 is 1.37 bits per heavy atom. The van der Waals surface area contributed by atoms with Gasteiger partial charge in [0.15, 0.2) is 5.69 Å². The topological polar surface area (TPSA) is 50.2 Å². The van der Waals surface area contributed by atoms with Gasteiger partial charge in [-0.05, 0) is 24.1 Å². The lowest BCUT2D eigenvalue weighted by molar-refractivity contribution is 0.0691. The zero-order valence-corrected chi connectivity index (χ0v) is 12.3. The van der Waals surface area contributed by atoms with Crippen LogP contribution in [0.5, 0.6) is 0 Å². The summed E-state index contributed by atoms with van der Waals surface area (Å²) in [6.07, 6.45) is 0.788. The minimum Gasteiger partial charge on any atom is -0.476 e. The van der Waals surface area contributed by atoms with E-state index in [0.717, 1.165) is 17.0 Å². The van der Waals surface area contributed by atoms with E-state index in [-0.39, 0.29) is 11.1 Å². The lowest BCUT2D eigenvalue weighted by atomic mass is 9.86. The number of rotatable bonds is 4. The van der Waals surface area contributed by atoms with Crippen LogP contribution in [0.3, 0.4) is 0 Å². The van der Waals surface area contributed by atoms with E-state index in [4.69, 9.17) is 16.7 Å². The van der Waals surface area contributed by atoms with Crippen molar-refractivity contribution in [3.8, 4) is 0 Å². The van der Waals surface area contributed by atoms with Gasteiger partial charge in [-0.2, -0.15) is 0 Å². The highest BCUT2D eigenvalue weighted by Crippen LogP contribution is 2.30. The van der Waals surface area contributed by atoms with Crippen LogP contribution in [0.25, 0.3) is 0 Å². The van der Waals surface area contributed by atoms with E-state index in [1.54, 1.807) is 5.38 Å². The van der Waals surface area contributed by atoms with Gasteiger partial charge in [-0.3, -0.25) is 0 Å². The van der Waals surface area contributed by atoms with Crippen LogP contribution < -0.4 is 0 Å². The monoisotopic (exact) mass is 295 g/mol. The first-order valence-corrected chi connectivity index (χ1v) is 7.08. The van der Waals surface area contributed by atoms with E-state index in [1.807, 2.05) is 24.3 Å². The third-order valence-corrected chi connectivity index (χ3v) is 4.32. The second-order valence-electron chi connectivity index (χ2n) is 5.03. The number of hydrogen-bond donors (Lipinski definition) is 1. The van der Waals surface area contributed by atoms with Crippen molar-refractivity contribution in [2.24, 2.45) is 0 Å². The minimum atomic E-state index is -0.982. The normalized spacial score (nSPS) is 11.5. The Morgan fingerprint density at radius 2 is 2.00 bits per heavy atom. The van der Waals surface area contributed by atoms with Gasteiger partial charge in [0.25, 0.3) is 0 Å². The lowest BCUT2D eigenvalue weighted by Gasteiger charge is -2.22. The molecule has 5 heteroatoms. The average molecular weight is 296 g/mol. The van der Waals surface area contributed by atoms with Crippen LogP contribution in [-0.4, -0.2) is 16.1 Å². The van der Waals surface area contributed by atoms with Gasteiger partial charge in [0.1, 0.15) is 0 Å². The van der Waals surface area contributed by atoms with E-state index in [0.29, 0.717) is 5.02 Å². The zero-order valence-electron chi connectivity index (χ0n) is 10.7. The number of thiazole rings is 1. The maximum atomic E-state index is 10.9. The standard InChI is InChI=1S/C14H14ClNO2S/c1-14(2,7-9-3-5-10(15)6-4-9)13-16-11(8-19-13)12(17)18/h3-6,8H,7H2,1-2H3,(H,17,18). The maximum absolute atomic E-state index is 10.9. The molecule has 0 atom stereocenters. The number of benzene rings is 1. The molecule has 0 radical (unpaired) electrons. The van der Waals surface area contributed by atoms with Crippen LogP contribution in [0.2, 0.25) is 5.02 Å². The fraction of sp³-hybridized carbons (Fsp3) is 0.286. The summed E-state index contributed by atoms with van der Waals surface area (Å²) >= 11 is 7.25. The quantitative estimate of drug-likeness (QED) is 0.927. The molecule has 19 heavy (non-hydrogen) atoms. The van der Waals surface area contributed by atoms with Crippen molar-refractivity contribution >= 4 is 28.9 Å². The second kappa shape index (κ2) is 5.31. The third-order valence-electron chi connectivity index (χ3n) is 2.86. The fourth-order valence-electron chi connectivity index (χ4n) is 1.87. The van der Waals surface area contributed by atoms with E-state index in [9.17, 15) is 4.79 Å². The van der Waals surface area contributed by atoms with Crippen LogP contribution in [0.15, 0.2) is 29.6 Å². The molecule has 100 valence electrons. The van der Waals surface area contributed by atoms with Crippen molar-refractivity contribution in [2.45, 2.75) is 25.7 Å². The summed E-state index contributed by atoms with van der Waals surface area (Å²) in [4.78, 5) is 15.1. The lowest BCUT2D eigenvalue weighted by Crippen LogP contribution is -2.20. The predicted octanol–water partition coefficient (Wildman–Crippen LogP) is 4.02. The molecule has 0 unspecified atom stereocenters. The molecule has 0 bridgehead atoms. The van der Waals surface area contributed by atoms with Gasteiger partial charge in [-0.15, -0.1) is 11.3 Å². The highest BCUT2D eigenvalue weighted by Gasteiger charge is 2.25. The molecule has 0 aliphatic carbocycles. The van der Waals surface area contributed by atoms with Crippen LogP contribution >= 0.6 is 22.9 Å². The molecule has 0 amide bonds. The molecule has 3 nitrogen and oxygen atoms in total. The Kier molecular flexibility index (Phi) is 3.92. The van der Waals surface area contributed by atoms with Crippen molar-refractivity contribution < 1.29 is 9.90 Å². The number of hydrogen-bond acceptors (Lipinski definition) is 3. The number of halogens is 1. The summed E-state index contributed by atoms with van der Waals surface area (Å²) in [5, 5.41) is 12.0. The molecule has 0 saturated carbocycles. The largest absolute Gasteiger partial charge is 0.476 e. The molecule has 2 rings (SSSR count). The summed E-state index contributed by atoms with van der Waals surface area (Å²) in [5.41, 5.74) is 1.07. The molecule has 0 aliphatic rings. The highest BCUT2D eigenvalue weighted by atomic mass is 35.5. The zero-order chi connectivity index (χ0) is 14.0. The predicted molar refractivity (Wildman–Crippen MR) is 77.3 cm³/mol. The number of aromatic carboxylic acids is 1. The van der Waals surface area contributed by atoms with Crippen molar-refractivity contribution in [3.63, 3.8) is 0 Å². The summed E-state index contributed by atoms with van der Waals surface area (Å²) in [7, 11) is 0. The number of nitrogens with zero attached hydrogens (tertiary/aromatic N) is 1. The second-order valence-corrected chi connectivity index (χ2v) is 6.32. The van der Waals surface area contributed by atoms with Gasteiger partial charge < -0.3 is 5.11 Å². The minimum absolute atomic E-state index is 0.115. The summed E-state index contributed by atoms with van der Waals surface area (Å²) in [5.74, 6) is -0.982. The van der Waals surface area contributed by atoms with Crippen LogP contribution in [0.4, 0.5) is 0 Å². The third kappa shape index (κ3) is 3.33. The summed E-state index contributed by atoms with van der Waals surface area (Å²) in [6.45, 7) is 4.12. The maximum Gasteiger partial charge on any atom is 0.355 e. The molecule has 1 heterocycles. The summed E-state index contributed by atoms with van der Waals surface area (Å²) < 4.78 is 0. The van der Waals surface area contributed by atoms with Gasteiger partial charge in [-0.1, -0.05) is 37.6 Å². The molecular weight excluding hydrogens is 282 g/mol. The SMILES string of the molecule is CC(C)(Cc1ccc(Cl)cc1)c1nc(C(=O)O)cs1. The molecular formula is C14H14ClNO2S. The molecule has 0 fully saturated rings. The van der Waals surface area contributed by atoms with Crippen LogP contribution in [0.1, 0.15) is 34.9 Å². The van der Waals surface area contributed by atoms with Gasteiger partial charge >= 0.3 is 5.97 Å². The first kappa shape index (κ1) is 14.0. The van der Waals surface area contributed by atoms with Crippen molar-refractivity contribution in [1.29, 1.82) is 0 Å². The van der Waals surface area contributed by atoms with Crippen LogP contribution in [-0.2, 0) is 11.8 Å². The van der Waals surface area contributed by atoms with Crippen molar-refractivity contribution in [1.82, 2.24) is 4.98 Å². The Bertz CT molecular complexity index is 590. The molecule has 0 spiro atoms. The molecule has 1 aromatic carbocycles. The molecule has 1 aromatic heterocycles.